The van der Waals surface area contributed by atoms with Gasteiger partial charge in [-0.25, -0.2) is 19.6 Å². The van der Waals surface area contributed by atoms with Crippen LogP contribution in [0.1, 0.15) is 90.1 Å². The number of methoxy groups -OCH3 is 2. The third kappa shape index (κ3) is 7.64. The number of hydrogen-bond donors (Lipinski definition) is 3. The van der Waals surface area contributed by atoms with Gasteiger partial charge in [-0.15, -0.1) is 0 Å². The predicted molar refractivity (Wildman–Crippen MR) is 224 cm³/mol. The van der Waals surface area contributed by atoms with Crippen molar-refractivity contribution < 1.29 is 33.3 Å². The molecule has 3 aliphatic heterocycles. The van der Waals surface area contributed by atoms with Crippen LogP contribution in [0.25, 0.3) is 44.2 Å². The van der Waals surface area contributed by atoms with Gasteiger partial charge in [0.1, 0.15) is 41.4 Å². The summed E-state index contributed by atoms with van der Waals surface area (Å²) in [6.45, 7) is 13.5. The average molecular weight is 806 g/mol. The van der Waals surface area contributed by atoms with E-state index in [1.807, 2.05) is 46.9 Å². The standard InChI is InChI=1S/C45H55N7O7/c1-25(2)45(24-53,50-42(54)57-8)23-52-26(3)9-14-36(52)41-47-34-13-11-28-17-33-31-12-10-29(16-30(31)22-58-38(33)18-32(28)39(34)49-41)35-19-46-40(48-35)37-15-27(21-56-7)20-51(37)43(55)59-44(4,5)6/h10-13,16-19,24-27,36-37H,9,14-15,20-23H2,1-8H3,(H,46,48)(H,47,49)(H,50,54)/t26-,27-,36-,37-,45+/m0/s1. The van der Waals surface area contributed by atoms with Crippen molar-refractivity contribution in [1.82, 2.24) is 35.1 Å². The van der Waals surface area contributed by atoms with Crippen molar-refractivity contribution in [2.75, 3.05) is 33.9 Å². The molecule has 2 amide bonds. The number of ether oxygens (including phenoxy) is 4. The molecule has 0 aliphatic carbocycles. The second-order valence-corrected chi connectivity index (χ2v) is 17.7. The van der Waals surface area contributed by atoms with E-state index in [1.165, 1.54) is 7.11 Å². The van der Waals surface area contributed by atoms with Crippen LogP contribution < -0.4 is 10.1 Å². The molecule has 59 heavy (non-hydrogen) atoms. The van der Waals surface area contributed by atoms with Crippen LogP contribution in [-0.4, -0.2) is 99.3 Å². The molecule has 2 fully saturated rings. The van der Waals surface area contributed by atoms with Gasteiger partial charge in [0, 0.05) is 43.1 Å². The molecule has 14 heteroatoms. The molecule has 0 spiro atoms. The molecule has 0 radical (unpaired) electrons. The molecule has 3 aromatic carbocycles. The lowest BCUT2D eigenvalue weighted by molar-refractivity contribution is -0.116. The van der Waals surface area contributed by atoms with Gasteiger partial charge < -0.3 is 39.0 Å². The van der Waals surface area contributed by atoms with Crippen LogP contribution in [0.3, 0.4) is 0 Å². The smallest absolute Gasteiger partial charge is 0.410 e. The predicted octanol–water partition coefficient (Wildman–Crippen LogP) is 8.09. The van der Waals surface area contributed by atoms with E-state index in [9.17, 15) is 14.4 Å². The number of aldehydes is 1. The van der Waals surface area contributed by atoms with E-state index in [0.717, 1.165) is 92.7 Å². The van der Waals surface area contributed by atoms with Crippen molar-refractivity contribution in [1.29, 1.82) is 0 Å². The molecule has 5 aromatic rings. The van der Waals surface area contributed by atoms with Crippen molar-refractivity contribution in [3.8, 4) is 28.1 Å². The Kier molecular flexibility index (Phi) is 10.7. The normalized spacial score (nSPS) is 21.6. The van der Waals surface area contributed by atoms with E-state index in [4.69, 9.17) is 28.9 Å². The number of carbonyl (C=O) groups excluding carboxylic acids is 3. The van der Waals surface area contributed by atoms with E-state index >= 15 is 0 Å². The van der Waals surface area contributed by atoms with Gasteiger partial charge in [0.2, 0.25) is 0 Å². The number of benzene rings is 3. The van der Waals surface area contributed by atoms with Gasteiger partial charge in [-0.05, 0) is 99.2 Å². The second-order valence-electron chi connectivity index (χ2n) is 17.7. The Labute approximate surface area is 344 Å². The lowest BCUT2D eigenvalue weighted by atomic mass is 9.86. The summed E-state index contributed by atoms with van der Waals surface area (Å²) < 4.78 is 22.5. The number of aromatic nitrogens is 4. The van der Waals surface area contributed by atoms with E-state index < -0.39 is 17.2 Å². The Morgan fingerprint density at radius 3 is 2.58 bits per heavy atom. The van der Waals surface area contributed by atoms with Crippen LogP contribution in [-0.2, 0) is 25.6 Å². The van der Waals surface area contributed by atoms with Crippen LogP contribution in [0.5, 0.6) is 5.75 Å². The minimum absolute atomic E-state index is 0.0690. The third-order valence-electron chi connectivity index (χ3n) is 12.4. The first-order valence-electron chi connectivity index (χ1n) is 20.5. The number of fused-ring (bicyclic) bond motifs is 6. The third-order valence-corrected chi connectivity index (χ3v) is 12.4. The number of nitrogens with zero attached hydrogens (tertiary/aromatic N) is 4. The highest BCUT2D eigenvalue weighted by Gasteiger charge is 2.44. The van der Waals surface area contributed by atoms with Gasteiger partial charge in [0.05, 0.1) is 48.7 Å². The largest absolute Gasteiger partial charge is 0.488 e. The Morgan fingerprint density at radius 1 is 1.03 bits per heavy atom. The molecule has 312 valence electrons. The van der Waals surface area contributed by atoms with Crippen molar-refractivity contribution in [3.63, 3.8) is 0 Å². The fraction of sp³-hybridized carbons (Fsp3) is 0.489. The van der Waals surface area contributed by atoms with E-state index in [0.29, 0.717) is 26.3 Å². The Bertz CT molecular complexity index is 2400. The maximum atomic E-state index is 13.2. The summed E-state index contributed by atoms with van der Waals surface area (Å²) in [6, 6.07) is 14.7. The number of hydrogen-bond acceptors (Lipinski definition) is 10. The van der Waals surface area contributed by atoms with Crippen LogP contribution in [0.4, 0.5) is 9.59 Å². The summed E-state index contributed by atoms with van der Waals surface area (Å²) in [5.41, 5.74) is 5.09. The number of alkyl carbamates (subject to hydrolysis) is 1. The highest BCUT2D eigenvalue weighted by atomic mass is 16.6. The first-order valence-corrected chi connectivity index (χ1v) is 20.5. The Hall–Kier alpha value is -5.47. The van der Waals surface area contributed by atoms with Crippen LogP contribution in [0, 0.1) is 11.8 Å². The van der Waals surface area contributed by atoms with Gasteiger partial charge in [0.15, 0.2) is 0 Å². The van der Waals surface area contributed by atoms with Crippen molar-refractivity contribution >= 4 is 40.3 Å². The molecule has 8 rings (SSSR count). The molecule has 0 saturated carbocycles. The highest BCUT2D eigenvalue weighted by Crippen LogP contribution is 2.44. The maximum Gasteiger partial charge on any atom is 0.410 e. The first-order chi connectivity index (χ1) is 28.2. The Morgan fingerprint density at radius 2 is 1.85 bits per heavy atom. The van der Waals surface area contributed by atoms with Crippen LogP contribution in [0.2, 0.25) is 0 Å². The fourth-order valence-electron chi connectivity index (χ4n) is 9.06. The summed E-state index contributed by atoms with van der Waals surface area (Å²) in [5, 5.41) is 4.91. The average Bonchev–Trinajstić information content (AvgIpc) is 4.02. The van der Waals surface area contributed by atoms with Gasteiger partial charge >= 0.3 is 12.2 Å². The van der Waals surface area contributed by atoms with Crippen LogP contribution >= 0.6 is 0 Å². The van der Waals surface area contributed by atoms with E-state index in [-0.39, 0.29) is 36.1 Å². The quantitative estimate of drug-likeness (QED) is 0.118. The summed E-state index contributed by atoms with van der Waals surface area (Å²) in [4.78, 5) is 59.2. The zero-order chi connectivity index (χ0) is 41.8. The van der Waals surface area contributed by atoms with Crippen LogP contribution in [0.15, 0.2) is 48.7 Å². The molecule has 5 atom stereocenters. The minimum atomic E-state index is -1.12. The Balaban J connectivity index is 1.06. The lowest BCUT2D eigenvalue weighted by Gasteiger charge is -2.39. The molecular formula is C45H55N7O7. The topological polar surface area (TPSA) is 164 Å². The summed E-state index contributed by atoms with van der Waals surface area (Å²) >= 11 is 0. The SMILES string of the molecule is COC[C@H]1C[C@@H](c2ncc(-c3ccc4c(c3)COc3cc5c(ccc6nc([C@@H]7CC[C@H](C)N7C[C@](C=O)(NC(=O)OC)C(C)C)[nH]c65)cc3-4)[nH]2)N(C(=O)OC(C)(C)C)C1. The molecule has 0 bridgehead atoms. The molecule has 3 aliphatic rings. The van der Waals surface area contributed by atoms with Gasteiger partial charge in [-0.1, -0.05) is 32.0 Å². The summed E-state index contributed by atoms with van der Waals surface area (Å²) in [6.07, 6.45) is 4.21. The molecule has 3 N–H and O–H groups in total. The van der Waals surface area contributed by atoms with Gasteiger partial charge in [-0.3, -0.25) is 9.80 Å². The number of amides is 2. The number of likely N-dealkylation sites (tertiary alicyclic amines) is 2. The minimum Gasteiger partial charge on any atom is -0.488 e. The molecule has 2 saturated heterocycles. The van der Waals surface area contributed by atoms with Crippen molar-refractivity contribution in [3.05, 3.63) is 65.9 Å². The van der Waals surface area contributed by atoms with Crippen molar-refractivity contribution in [2.24, 2.45) is 11.8 Å². The monoisotopic (exact) mass is 805 g/mol. The molecular weight excluding hydrogens is 751 g/mol. The maximum absolute atomic E-state index is 13.2. The lowest BCUT2D eigenvalue weighted by Crippen LogP contribution is -2.60. The molecule has 14 nitrogen and oxygen atoms in total. The summed E-state index contributed by atoms with van der Waals surface area (Å²) in [7, 11) is 2.99. The zero-order valence-electron chi connectivity index (χ0n) is 35.2. The number of imidazole rings is 2. The molecule has 2 aromatic heterocycles. The number of nitrogens with one attached hydrogen (secondary N) is 3. The molecule has 5 heterocycles. The molecule has 0 unspecified atom stereocenters. The number of carbonyl (C=O) groups is 3. The zero-order valence-corrected chi connectivity index (χ0v) is 35.2. The first kappa shape index (κ1) is 40.3. The van der Waals surface area contributed by atoms with E-state index in [1.54, 1.807) is 12.0 Å². The number of aromatic amines is 2. The second kappa shape index (κ2) is 15.6. The van der Waals surface area contributed by atoms with E-state index in [2.05, 4.69) is 63.5 Å². The van der Waals surface area contributed by atoms with Gasteiger partial charge in [-0.2, -0.15) is 0 Å². The van der Waals surface area contributed by atoms with Gasteiger partial charge in [0.25, 0.3) is 0 Å². The number of rotatable bonds is 10. The number of H-pyrrole nitrogens is 2. The fourth-order valence-corrected chi connectivity index (χ4v) is 9.06. The van der Waals surface area contributed by atoms with Crippen molar-refractivity contribution in [2.45, 2.75) is 96.7 Å². The summed E-state index contributed by atoms with van der Waals surface area (Å²) in [5.74, 6) is 2.37. The highest BCUT2D eigenvalue weighted by molar-refractivity contribution is 6.07.